The molecule has 0 spiro atoms. The fourth-order valence-corrected chi connectivity index (χ4v) is 3.53. The molecule has 1 unspecified atom stereocenters. The average molecular weight is 339 g/mol. The van der Waals surface area contributed by atoms with E-state index in [-0.39, 0.29) is 0 Å². The molecular formula is C17H17N5OS. The lowest BCUT2D eigenvalue weighted by Crippen LogP contribution is -1.95. The lowest BCUT2D eigenvalue weighted by atomic mass is 10.1. The number of benzene rings is 1. The number of anilines is 1. The smallest absolute Gasteiger partial charge is 0.156 e. The molecular weight excluding hydrogens is 322 g/mol. The molecule has 7 heteroatoms. The van der Waals surface area contributed by atoms with Crippen molar-refractivity contribution >= 4 is 38.7 Å². The second-order valence-electron chi connectivity index (χ2n) is 5.69. The third-order valence-corrected chi connectivity index (χ3v) is 5.07. The van der Waals surface area contributed by atoms with Crippen molar-refractivity contribution in [3.8, 4) is 11.3 Å². The quantitative estimate of drug-likeness (QED) is 0.602. The molecule has 2 N–H and O–H groups in total. The number of hydrogen-bond donors (Lipinski definition) is 2. The summed E-state index contributed by atoms with van der Waals surface area (Å²) in [6.07, 6.45) is 3.48. The van der Waals surface area contributed by atoms with Gasteiger partial charge in [0.15, 0.2) is 5.82 Å². The van der Waals surface area contributed by atoms with Crippen LogP contribution in [0.2, 0.25) is 0 Å². The van der Waals surface area contributed by atoms with Gasteiger partial charge in [-0.25, -0.2) is 9.97 Å². The fourth-order valence-electron chi connectivity index (χ4n) is 2.97. The highest BCUT2D eigenvalue weighted by Gasteiger charge is 2.15. The second-order valence-corrected chi connectivity index (χ2v) is 7.07. The SMILES string of the molecule is CNc1nc2[nH]c(-c3cccc(S(C)=O)c3)cc2c2c1ncn2C. The van der Waals surface area contributed by atoms with Crippen LogP contribution < -0.4 is 5.32 Å². The van der Waals surface area contributed by atoms with Crippen LogP contribution >= 0.6 is 0 Å². The third-order valence-electron chi connectivity index (χ3n) is 4.15. The monoisotopic (exact) mass is 339 g/mol. The van der Waals surface area contributed by atoms with Crippen LogP contribution in [0, 0.1) is 0 Å². The Kier molecular flexibility index (Phi) is 3.38. The summed E-state index contributed by atoms with van der Waals surface area (Å²) in [7, 11) is 2.80. The fraction of sp³-hybridized carbons (Fsp3) is 0.176. The molecule has 4 aromatic rings. The van der Waals surface area contributed by atoms with E-state index in [0.29, 0.717) is 0 Å². The van der Waals surface area contributed by atoms with Crippen molar-refractivity contribution < 1.29 is 4.21 Å². The number of pyridine rings is 1. The van der Waals surface area contributed by atoms with Crippen LogP contribution in [0.15, 0.2) is 41.6 Å². The van der Waals surface area contributed by atoms with Gasteiger partial charge >= 0.3 is 0 Å². The van der Waals surface area contributed by atoms with Gasteiger partial charge in [0, 0.05) is 47.1 Å². The summed E-state index contributed by atoms with van der Waals surface area (Å²) < 4.78 is 13.7. The minimum Gasteiger partial charge on any atom is -0.371 e. The molecule has 0 fully saturated rings. The van der Waals surface area contributed by atoms with Gasteiger partial charge in [0.25, 0.3) is 0 Å². The second kappa shape index (κ2) is 5.45. The molecule has 0 radical (unpaired) electrons. The standard InChI is InChI=1S/C17H17N5OS/c1-18-17-14-15(22(2)9-19-14)12-8-13(20-16(12)21-17)10-5-4-6-11(7-10)24(3)23/h4-9H,1-3H3,(H2,18,20,21). The number of fused-ring (bicyclic) bond motifs is 3. The number of nitrogens with one attached hydrogen (secondary N) is 2. The first-order valence-corrected chi connectivity index (χ1v) is 9.09. The van der Waals surface area contributed by atoms with E-state index < -0.39 is 10.8 Å². The lowest BCUT2D eigenvalue weighted by molar-refractivity contribution is 0.687. The summed E-state index contributed by atoms with van der Waals surface area (Å²) in [5.41, 5.74) is 4.61. The normalized spacial score (nSPS) is 12.8. The van der Waals surface area contributed by atoms with Gasteiger partial charge < -0.3 is 14.9 Å². The highest BCUT2D eigenvalue weighted by atomic mass is 32.2. The zero-order valence-corrected chi connectivity index (χ0v) is 14.4. The van der Waals surface area contributed by atoms with Crippen LogP contribution in [-0.4, -0.2) is 37.0 Å². The lowest BCUT2D eigenvalue weighted by Gasteiger charge is -2.02. The predicted molar refractivity (Wildman–Crippen MR) is 97.7 cm³/mol. The molecule has 122 valence electrons. The number of aromatic amines is 1. The van der Waals surface area contributed by atoms with Gasteiger partial charge in [0.1, 0.15) is 11.2 Å². The van der Waals surface area contributed by atoms with Gasteiger partial charge in [0.2, 0.25) is 0 Å². The minimum atomic E-state index is -1.01. The maximum absolute atomic E-state index is 11.7. The summed E-state index contributed by atoms with van der Waals surface area (Å²) in [4.78, 5) is 13.3. The number of rotatable bonds is 3. The van der Waals surface area contributed by atoms with Crippen molar-refractivity contribution in [2.45, 2.75) is 4.90 Å². The van der Waals surface area contributed by atoms with Crippen LogP contribution in [0.4, 0.5) is 5.82 Å². The number of hydrogen-bond acceptors (Lipinski definition) is 4. The van der Waals surface area contributed by atoms with Crippen LogP contribution in [0.5, 0.6) is 0 Å². The average Bonchev–Trinajstić information content (AvgIpc) is 3.17. The number of nitrogens with zero attached hydrogens (tertiary/aromatic N) is 3. The summed E-state index contributed by atoms with van der Waals surface area (Å²) in [6.45, 7) is 0. The van der Waals surface area contributed by atoms with Gasteiger partial charge in [-0.1, -0.05) is 12.1 Å². The zero-order valence-electron chi connectivity index (χ0n) is 13.6. The van der Waals surface area contributed by atoms with Gasteiger partial charge in [-0.2, -0.15) is 0 Å². The molecule has 0 saturated heterocycles. The van der Waals surface area contributed by atoms with Crippen molar-refractivity contribution in [1.29, 1.82) is 0 Å². The molecule has 0 aliphatic rings. The maximum atomic E-state index is 11.7. The number of H-pyrrole nitrogens is 1. The molecule has 6 nitrogen and oxygen atoms in total. The van der Waals surface area contributed by atoms with E-state index in [1.807, 2.05) is 42.9 Å². The van der Waals surface area contributed by atoms with Crippen molar-refractivity contribution in [3.05, 3.63) is 36.7 Å². The van der Waals surface area contributed by atoms with E-state index in [0.717, 1.165) is 44.0 Å². The van der Waals surface area contributed by atoms with Gasteiger partial charge in [0.05, 0.1) is 11.8 Å². The Bertz CT molecular complexity index is 1100. The Labute approximate surface area is 141 Å². The first-order chi connectivity index (χ1) is 11.6. The van der Waals surface area contributed by atoms with Crippen LogP contribution in [-0.2, 0) is 17.8 Å². The van der Waals surface area contributed by atoms with E-state index in [4.69, 9.17) is 0 Å². The predicted octanol–water partition coefficient (Wildman–Crippen LogP) is 2.90. The van der Waals surface area contributed by atoms with E-state index in [1.54, 1.807) is 12.6 Å². The minimum absolute atomic E-state index is 0.745. The van der Waals surface area contributed by atoms with Crippen LogP contribution in [0.3, 0.4) is 0 Å². The largest absolute Gasteiger partial charge is 0.371 e. The Morgan fingerprint density at radius 3 is 2.88 bits per heavy atom. The molecule has 4 rings (SSSR count). The number of aromatic nitrogens is 4. The molecule has 0 amide bonds. The molecule has 0 saturated carbocycles. The molecule has 3 aromatic heterocycles. The Morgan fingerprint density at radius 2 is 2.12 bits per heavy atom. The third kappa shape index (κ3) is 2.20. The highest BCUT2D eigenvalue weighted by molar-refractivity contribution is 7.84. The van der Waals surface area contributed by atoms with E-state index >= 15 is 0 Å². The van der Waals surface area contributed by atoms with Crippen molar-refractivity contribution in [2.75, 3.05) is 18.6 Å². The van der Waals surface area contributed by atoms with Gasteiger partial charge in [-0.3, -0.25) is 4.21 Å². The highest BCUT2D eigenvalue weighted by Crippen LogP contribution is 2.31. The van der Waals surface area contributed by atoms with Crippen molar-refractivity contribution in [3.63, 3.8) is 0 Å². The number of aryl methyl sites for hydroxylation is 1. The Balaban J connectivity index is 1.99. The summed E-state index contributed by atoms with van der Waals surface area (Å²) >= 11 is 0. The number of imidazole rings is 1. The molecule has 1 atom stereocenters. The van der Waals surface area contributed by atoms with Crippen LogP contribution in [0.25, 0.3) is 33.3 Å². The van der Waals surface area contributed by atoms with E-state index in [1.165, 1.54) is 0 Å². The summed E-state index contributed by atoms with van der Waals surface area (Å²) in [5.74, 6) is 0.745. The first kappa shape index (κ1) is 14.9. The topological polar surface area (TPSA) is 75.6 Å². The Hall–Kier alpha value is -2.67. The van der Waals surface area contributed by atoms with Crippen molar-refractivity contribution in [1.82, 2.24) is 19.5 Å². The zero-order chi connectivity index (χ0) is 16.8. The van der Waals surface area contributed by atoms with Crippen molar-refractivity contribution in [2.24, 2.45) is 7.05 Å². The first-order valence-electron chi connectivity index (χ1n) is 7.54. The summed E-state index contributed by atoms with van der Waals surface area (Å²) in [5, 5.41) is 4.12. The van der Waals surface area contributed by atoms with Crippen LogP contribution in [0.1, 0.15) is 0 Å². The molecule has 0 aliphatic heterocycles. The molecule has 1 aromatic carbocycles. The molecule has 0 bridgehead atoms. The van der Waals surface area contributed by atoms with Gasteiger partial charge in [-0.15, -0.1) is 0 Å². The van der Waals surface area contributed by atoms with E-state index in [2.05, 4.69) is 26.3 Å². The van der Waals surface area contributed by atoms with Gasteiger partial charge in [-0.05, 0) is 23.8 Å². The Morgan fingerprint density at radius 1 is 1.29 bits per heavy atom. The summed E-state index contributed by atoms with van der Waals surface area (Å²) in [6, 6.07) is 9.81. The maximum Gasteiger partial charge on any atom is 0.156 e. The molecule has 3 heterocycles. The molecule has 0 aliphatic carbocycles. The molecule has 24 heavy (non-hydrogen) atoms. The van der Waals surface area contributed by atoms with E-state index in [9.17, 15) is 4.21 Å².